The number of hydrogen-bond donors (Lipinski definition) is 1. The van der Waals surface area contributed by atoms with Crippen molar-refractivity contribution in [3.05, 3.63) is 53.6 Å². The number of carbonyl (C=O) groups is 2. The van der Waals surface area contributed by atoms with E-state index in [1.807, 2.05) is 0 Å². The first-order valence-corrected chi connectivity index (χ1v) is 8.13. The third-order valence-electron chi connectivity index (χ3n) is 3.54. The van der Waals surface area contributed by atoms with Crippen molar-refractivity contribution in [3.8, 4) is 11.5 Å². The standard InChI is InChI=1S/C19H19F2NO5/c1-4-26-17-9-12(5-8-16(17)25-3)19(24)27-11(2)18(23)22-15-7-6-13(20)10-14(15)21/h5-11H,4H2,1-3H3,(H,22,23). The molecule has 2 rings (SSSR count). The molecule has 27 heavy (non-hydrogen) atoms. The minimum atomic E-state index is -1.21. The van der Waals surface area contributed by atoms with Gasteiger partial charge >= 0.3 is 5.97 Å². The molecule has 0 saturated carbocycles. The van der Waals surface area contributed by atoms with Crippen LogP contribution in [0.1, 0.15) is 24.2 Å². The van der Waals surface area contributed by atoms with Gasteiger partial charge in [-0.15, -0.1) is 0 Å². The lowest BCUT2D eigenvalue weighted by molar-refractivity contribution is -0.123. The fourth-order valence-electron chi connectivity index (χ4n) is 2.18. The van der Waals surface area contributed by atoms with Crippen molar-refractivity contribution < 1.29 is 32.6 Å². The van der Waals surface area contributed by atoms with Gasteiger partial charge in [-0.05, 0) is 44.2 Å². The molecule has 1 unspecified atom stereocenters. The normalized spacial score (nSPS) is 11.4. The average molecular weight is 379 g/mol. The number of hydrogen-bond acceptors (Lipinski definition) is 5. The van der Waals surface area contributed by atoms with Crippen molar-refractivity contribution in [3.63, 3.8) is 0 Å². The van der Waals surface area contributed by atoms with Crippen molar-refractivity contribution in [2.45, 2.75) is 20.0 Å². The van der Waals surface area contributed by atoms with Crippen LogP contribution >= 0.6 is 0 Å². The highest BCUT2D eigenvalue weighted by atomic mass is 19.1. The summed E-state index contributed by atoms with van der Waals surface area (Å²) in [5.41, 5.74) is -0.0563. The number of esters is 1. The Morgan fingerprint density at radius 1 is 1.11 bits per heavy atom. The lowest BCUT2D eigenvalue weighted by Crippen LogP contribution is -2.30. The molecule has 1 atom stereocenters. The van der Waals surface area contributed by atoms with Crippen molar-refractivity contribution in [2.24, 2.45) is 0 Å². The smallest absolute Gasteiger partial charge is 0.339 e. The predicted molar refractivity (Wildman–Crippen MR) is 94.0 cm³/mol. The molecule has 144 valence electrons. The number of carbonyl (C=O) groups excluding carboxylic acids is 2. The van der Waals surface area contributed by atoms with E-state index >= 15 is 0 Å². The molecular formula is C19H19F2NO5. The molecule has 0 aliphatic rings. The van der Waals surface area contributed by atoms with Gasteiger partial charge in [-0.2, -0.15) is 0 Å². The number of halogens is 2. The second-order valence-electron chi connectivity index (χ2n) is 5.46. The van der Waals surface area contributed by atoms with Crippen LogP contribution in [0.15, 0.2) is 36.4 Å². The van der Waals surface area contributed by atoms with Crippen LogP contribution in [0.4, 0.5) is 14.5 Å². The van der Waals surface area contributed by atoms with Gasteiger partial charge in [0.15, 0.2) is 17.6 Å². The molecule has 0 saturated heterocycles. The zero-order valence-corrected chi connectivity index (χ0v) is 15.0. The zero-order valence-electron chi connectivity index (χ0n) is 15.0. The molecule has 2 aromatic rings. The van der Waals surface area contributed by atoms with Crippen molar-refractivity contribution in [1.82, 2.24) is 0 Å². The van der Waals surface area contributed by atoms with Gasteiger partial charge in [-0.3, -0.25) is 4.79 Å². The molecule has 1 amide bonds. The molecule has 2 aromatic carbocycles. The molecule has 0 fully saturated rings. The van der Waals surface area contributed by atoms with Crippen LogP contribution in [0.2, 0.25) is 0 Å². The SMILES string of the molecule is CCOc1cc(C(=O)OC(C)C(=O)Nc2ccc(F)cc2F)ccc1OC. The summed E-state index contributed by atoms with van der Waals surface area (Å²) < 4.78 is 42.1. The molecule has 0 heterocycles. The van der Waals surface area contributed by atoms with Gasteiger partial charge in [0.1, 0.15) is 11.6 Å². The third-order valence-corrected chi connectivity index (χ3v) is 3.54. The summed E-state index contributed by atoms with van der Waals surface area (Å²) in [6, 6.07) is 7.17. The van der Waals surface area contributed by atoms with E-state index in [0.29, 0.717) is 24.2 Å². The van der Waals surface area contributed by atoms with Gasteiger partial charge in [-0.1, -0.05) is 0 Å². The van der Waals surface area contributed by atoms with E-state index in [1.54, 1.807) is 13.0 Å². The Kier molecular flexibility index (Phi) is 6.70. The molecule has 0 radical (unpaired) electrons. The Morgan fingerprint density at radius 2 is 1.85 bits per heavy atom. The number of benzene rings is 2. The maximum Gasteiger partial charge on any atom is 0.339 e. The lowest BCUT2D eigenvalue weighted by Gasteiger charge is -2.15. The first kappa shape index (κ1) is 20.2. The number of methoxy groups -OCH3 is 1. The number of nitrogens with one attached hydrogen (secondary N) is 1. The van der Waals surface area contributed by atoms with Gasteiger partial charge in [0.2, 0.25) is 0 Å². The summed E-state index contributed by atoms with van der Waals surface area (Å²) in [7, 11) is 1.47. The molecule has 0 bridgehead atoms. The van der Waals surface area contributed by atoms with E-state index in [2.05, 4.69) is 5.32 Å². The highest BCUT2D eigenvalue weighted by molar-refractivity contribution is 5.97. The highest BCUT2D eigenvalue weighted by Crippen LogP contribution is 2.28. The summed E-state index contributed by atoms with van der Waals surface area (Å²) in [5.74, 6) is -2.41. The van der Waals surface area contributed by atoms with E-state index in [-0.39, 0.29) is 11.3 Å². The Labute approximate surface area is 155 Å². The molecule has 6 nitrogen and oxygen atoms in total. The molecule has 0 spiro atoms. The van der Waals surface area contributed by atoms with E-state index in [1.165, 1.54) is 26.2 Å². The Balaban J connectivity index is 2.06. The van der Waals surface area contributed by atoms with Crippen LogP contribution in [0, 0.1) is 11.6 Å². The summed E-state index contributed by atoms with van der Waals surface area (Å²) in [4.78, 5) is 24.4. The first-order chi connectivity index (χ1) is 12.8. The summed E-state index contributed by atoms with van der Waals surface area (Å²) in [6.45, 7) is 3.49. The summed E-state index contributed by atoms with van der Waals surface area (Å²) >= 11 is 0. The van der Waals surface area contributed by atoms with E-state index < -0.39 is 29.6 Å². The molecule has 0 aliphatic carbocycles. The van der Waals surface area contributed by atoms with Crippen LogP contribution in [0.3, 0.4) is 0 Å². The van der Waals surface area contributed by atoms with Gasteiger partial charge in [0.05, 0.1) is 25.0 Å². The number of amides is 1. The monoisotopic (exact) mass is 379 g/mol. The Morgan fingerprint density at radius 3 is 2.48 bits per heavy atom. The predicted octanol–water partition coefficient (Wildman–Crippen LogP) is 3.56. The highest BCUT2D eigenvalue weighted by Gasteiger charge is 2.21. The van der Waals surface area contributed by atoms with Gasteiger partial charge < -0.3 is 19.5 Å². The first-order valence-electron chi connectivity index (χ1n) is 8.13. The minimum absolute atomic E-state index is 0.159. The lowest BCUT2D eigenvalue weighted by atomic mass is 10.2. The maximum atomic E-state index is 13.6. The second-order valence-corrected chi connectivity index (χ2v) is 5.46. The largest absolute Gasteiger partial charge is 0.493 e. The zero-order chi connectivity index (χ0) is 20.0. The number of anilines is 1. The van der Waals surface area contributed by atoms with Crippen LogP contribution in [0.25, 0.3) is 0 Å². The Bertz CT molecular complexity index is 841. The van der Waals surface area contributed by atoms with Crippen LogP contribution < -0.4 is 14.8 Å². The number of rotatable bonds is 7. The van der Waals surface area contributed by atoms with Crippen molar-refractivity contribution >= 4 is 17.6 Å². The second kappa shape index (κ2) is 8.98. The van der Waals surface area contributed by atoms with E-state index in [9.17, 15) is 18.4 Å². The maximum absolute atomic E-state index is 13.6. The van der Waals surface area contributed by atoms with Gasteiger partial charge in [-0.25, -0.2) is 13.6 Å². The summed E-state index contributed by atoms with van der Waals surface area (Å²) in [5, 5.41) is 2.24. The molecular weight excluding hydrogens is 360 g/mol. The minimum Gasteiger partial charge on any atom is -0.493 e. The fourth-order valence-corrected chi connectivity index (χ4v) is 2.18. The van der Waals surface area contributed by atoms with E-state index in [0.717, 1.165) is 12.1 Å². The molecule has 8 heteroatoms. The average Bonchev–Trinajstić information content (AvgIpc) is 2.64. The van der Waals surface area contributed by atoms with Crippen LogP contribution in [-0.2, 0) is 9.53 Å². The topological polar surface area (TPSA) is 73.9 Å². The molecule has 1 N–H and O–H groups in total. The fraction of sp³-hybridized carbons (Fsp3) is 0.263. The Hall–Kier alpha value is -3.16. The summed E-state index contributed by atoms with van der Waals surface area (Å²) in [6.07, 6.45) is -1.21. The molecule has 0 aliphatic heterocycles. The van der Waals surface area contributed by atoms with Crippen molar-refractivity contribution in [1.29, 1.82) is 0 Å². The van der Waals surface area contributed by atoms with Crippen LogP contribution in [0.5, 0.6) is 11.5 Å². The number of ether oxygens (including phenoxy) is 3. The van der Waals surface area contributed by atoms with Crippen LogP contribution in [-0.4, -0.2) is 31.7 Å². The van der Waals surface area contributed by atoms with Gasteiger partial charge in [0, 0.05) is 6.07 Å². The van der Waals surface area contributed by atoms with Crippen molar-refractivity contribution in [2.75, 3.05) is 19.0 Å². The van der Waals surface area contributed by atoms with Gasteiger partial charge in [0.25, 0.3) is 5.91 Å². The van der Waals surface area contributed by atoms with E-state index in [4.69, 9.17) is 14.2 Å². The quantitative estimate of drug-likeness (QED) is 0.745. The molecule has 0 aromatic heterocycles. The third kappa shape index (κ3) is 5.16.